The lowest BCUT2D eigenvalue weighted by Gasteiger charge is -2.29. The second-order valence-corrected chi connectivity index (χ2v) is 3.94. The van der Waals surface area contributed by atoms with E-state index in [9.17, 15) is 0 Å². The molecule has 0 spiro atoms. The largest absolute Gasteiger partial charge is 0.317 e. The number of rotatable bonds is 2. The standard InChI is InChI=1S/C9H19NO/c1-7-3-5-9(6-4-7)8(2)10-11/h7-11H,3-6H2,1-2H3. The number of hydrogen-bond donors (Lipinski definition) is 2. The summed E-state index contributed by atoms with van der Waals surface area (Å²) in [4.78, 5) is 0. The van der Waals surface area contributed by atoms with Crippen LogP contribution in [-0.2, 0) is 0 Å². The summed E-state index contributed by atoms with van der Waals surface area (Å²) in [6.07, 6.45) is 5.21. The third-order valence-electron chi connectivity index (χ3n) is 2.97. The van der Waals surface area contributed by atoms with Crippen LogP contribution in [-0.4, -0.2) is 11.2 Å². The van der Waals surface area contributed by atoms with E-state index in [2.05, 4.69) is 19.3 Å². The van der Waals surface area contributed by atoms with Crippen molar-refractivity contribution in [1.82, 2.24) is 5.48 Å². The second kappa shape index (κ2) is 4.07. The van der Waals surface area contributed by atoms with Crippen LogP contribution in [0.4, 0.5) is 0 Å². The average Bonchev–Trinajstić information content (AvgIpc) is 2.05. The molecule has 2 nitrogen and oxygen atoms in total. The summed E-state index contributed by atoms with van der Waals surface area (Å²) in [5, 5.41) is 8.70. The highest BCUT2D eigenvalue weighted by molar-refractivity contribution is 4.75. The molecular weight excluding hydrogens is 138 g/mol. The van der Waals surface area contributed by atoms with Crippen molar-refractivity contribution in [2.75, 3.05) is 0 Å². The van der Waals surface area contributed by atoms with Gasteiger partial charge >= 0.3 is 0 Å². The minimum absolute atomic E-state index is 0.280. The third-order valence-corrected chi connectivity index (χ3v) is 2.97. The number of hydroxylamine groups is 1. The lowest BCUT2D eigenvalue weighted by Crippen LogP contribution is -2.33. The zero-order valence-electron chi connectivity index (χ0n) is 7.51. The number of hydrogen-bond acceptors (Lipinski definition) is 2. The van der Waals surface area contributed by atoms with Gasteiger partial charge in [-0.1, -0.05) is 19.8 Å². The SMILES string of the molecule is CC1CCC(C(C)NO)CC1. The van der Waals surface area contributed by atoms with Crippen molar-refractivity contribution in [2.24, 2.45) is 11.8 Å². The molecule has 2 heteroatoms. The van der Waals surface area contributed by atoms with Crippen molar-refractivity contribution in [3.63, 3.8) is 0 Å². The zero-order valence-corrected chi connectivity index (χ0v) is 7.51. The molecule has 0 aromatic rings. The highest BCUT2D eigenvalue weighted by Crippen LogP contribution is 2.29. The first kappa shape index (κ1) is 9.01. The van der Waals surface area contributed by atoms with Crippen LogP contribution in [0.3, 0.4) is 0 Å². The van der Waals surface area contributed by atoms with Gasteiger partial charge in [-0.3, -0.25) is 0 Å². The molecule has 66 valence electrons. The molecule has 1 aliphatic rings. The molecule has 1 aliphatic carbocycles. The summed E-state index contributed by atoms with van der Waals surface area (Å²) < 4.78 is 0. The van der Waals surface area contributed by atoms with E-state index in [1.807, 2.05) is 0 Å². The van der Waals surface area contributed by atoms with Crippen molar-refractivity contribution >= 4 is 0 Å². The fourth-order valence-corrected chi connectivity index (χ4v) is 1.89. The minimum atomic E-state index is 0.280. The third kappa shape index (κ3) is 2.46. The summed E-state index contributed by atoms with van der Waals surface area (Å²) in [6, 6.07) is 0.280. The minimum Gasteiger partial charge on any atom is -0.317 e. The van der Waals surface area contributed by atoms with Crippen LogP contribution in [0.25, 0.3) is 0 Å². The topological polar surface area (TPSA) is 32.3 Å². The molecule has 0 aromatic heterocycles. The Labute approximate surface area is 69.0 Å². The quantitative estimate of drug-likeness (QED) is 0.602. The Kier molecular flexibility index (Phi) is 3.34. The van der Waals surface area contributed by atoms with Crippen LogP contribution in [0.15, 0.2) is 0 Å². The van der Waals surface area contributed by atoms with Gasteiger partial charge < -0.3 is 5.21 Å². The van der Waals surface area contributed by atoms with E-state index in [-0.39, 0.29) is 6.04 Å². The lowest BCUT2D eigenvalue weighted by molar-refractivity contribution is 0.0876. The van der Waals surface area contributed by atoms with Crippen molar-refractivity contribution in [2.45, 2.75) is 45.6 Å². The van der Waals surface area contributed by atoms with Gasteiger partial charge in [0.25, 0.3) is 0 Å². The van der Waals surface area contributed by atoms with Gasteiger partial charge in [0.15, 0.2) is 0 Å². The maximum absolute atomic E-state index is 8.70. The molecule has 1 rings (SSSR count). The average molecular weight is 157 g/mol. The number of nitrogens with one attached hydrogen (secondary N) is 1. The van der Waals surface area contributed by atoms with Gasteiger partial charge in [-0.05, 0) is 31.6 Å². The Morgan fingerprint density at radius 2 is 1.82 bits per heavy atom. The molecule has 0 heterocycles. The highest BCUT2D eigenvalue weighted by Gasteiger charge is 2.22. The van der Waals surface area contributed by atoms with Crippen LogP contribution in [0.5, 0.6) is 0 Å². The van der Waals surface area contributed by atoms with E-state index >= 15 is 0 Å². The molecule has 0 aliphatic heterocycles. The second-order valence-electron chi connectivity index (χ2n) is 3.94. The fraction of sp³-hybridized carbons (Fsp3) is 1.00. The van der Waals surface area contributed by atoms with Crippen LogP contribution >= 0.6 is 0 Å². The van der Waals surface area contributed by atoms with Crippen LogP contribution < -0.4 is 5.48 Å². The normalized spacial score (nSPS) is 35.2. The van der Waals surface area contributed by atoms with Crippen molar-refractivity contribution in [3.8, 4) is 0 Å². The van der Waals surface area contributed by atoms with Gasteiger partial charge in [0.05, 0.1) is 0 Å². The molecule has 2 N–H and O–H groups in total. The van der Waals surface area contributed by atoms with Crippen LogP contribution in [0, 0.1) is 11.8 Å². The molecule has 1 unspecified atom stereocenters. The van der Waals surface area contributed by atoms with E-state index in [1.54, 1.807) is 0 Å². The Hall–Kier alpha value is -0.0800. The molecule has 1 atom stereocenters. The zero-order chi connectivity index (χ0) is 8.27. The van der Waals surface area contributed by atoms with Gasteiger partial charge in [-0.15, -0.1) is 0 Å². The molecule has 0 saturated heterocycles. The van der Waals surface area contributed by atoms with Crippen LogP contribution in [0.1, 0.15) is 39.5 Å². The van der Waals surface area contributed by atoms with Gasteiger partial charge in [0.1, 0.15) is 0 Å². The highest BCUT2D eigenvalue weighted by atomic mass is 16.5. The first-order chi connectivity index (χ1) is 5.24. The summed E-state index contributed by atoms with van der Waals surface area (Å²) in [6.45, 7) is 4.37. The molecule has 0 bridgehead atoms. The van der Waals surface area contributed by atoms with Gasteiger partial charge in [0, 0.05) is 6.04 Å². The predicted octanol–water partition coefficient (Wildman–Crippen LogP) is 2.18. The fourth-order valence-electron chi connectivity index (χ4n) is 1.89. The van der Waals surface area contributed by atoms with Crippen molar-refractivity contribution in [3.05, 3.63) is 0 Å². The summed E-state index contributed by atoms with van der Waals surface area (Å²) in [7, 11) is 0. The van der Waals surface area contributed by atoms with E-state index in [4.69, 9.17) is 5.21 Å². The maximum Gasteiger partial charge on any atom is 0.0319 e. The van der Waals surface area contributed by atoms with E-state index in [1.165, 1.54) is 25.7 Å². The summed E-state index contributed by atoms with van der Waals surface area (Å²) in [5.41, 5.74) is 2.35. The van der Waals surface area contributed by atoms with Gasteiger partial charge in [-0.2, -0.15) is 0 Å². The van der Waals surface area contributed by atoms with Crippen LogP contribution in [0.2, 0.25) is 0 Å². The Morgan fingerprint density at radius 3 is 2.27 bits per heavy atom. The summed E-state index contributed by atoms with van der Waals surface area (Å²) >= 11 is 0. The molecular formula is C9H19NO. The Morgan fingerprint density at radius 1 is 1.27 bits per heavy atom. The molecule has 1 saturated carbocycles. The maximum atomic E-state index is 8.70. The predicted molar refractivity (Wildman–Crippen MR) is 45.5 cm³/mol. The molecule has 0 radical (unpaired) electrons. The molecule has 1 fully saturated rings. The summed E-state index contributed by atoms with van der Waals surface area (Å²) in [5.74, 6) is 1.59. The Balaban J connectivity index is 2.27. The monoisotopic (exact) mass is 157 g/mol. The molecule has 0 aromatic carbocycles. The van der Waals surface area contributed by atoms with E-state index < -0.39 is 0 Å². The molecule has 0 amide bonds. The van der Waals surface area contributed by atoms with Crippen molar-refractivity contribution < 1.29 is 5.21 Å². The molecule has 11 heavy (non-hydrogen) atoms. The van der Waals surface area contributed by atoms with E-state index in [0.29, 0.717) is 5.92 Å². The lowest BCUT2D eigenvalue weighted by atomic mass is 9.80. The first-order valence-electron chi connectivity index (χ1n) is 4.63. The first-order valence-corrected chi connectivity index (χ1v) is 4.63. The Bertz CT molecular complexity index is 108. The van der Waals surface area contributed by atoms with Crippen molar-refractivity contribution in [1.29, 1.82) is 0 Å². The van der Waals surface area contributed by atoms with Gasteiger partial charge in [-0.25, -0.2) is 5.48 Å². The van der Waals surface area contributed by atoms with E-state index in [0.717, 1.165) is 5.92 Å². The van der Waals surface area contributed by atoms with Gasteiger partial charge in [0.2, 0.25) is 0 Å². The smallest absolute Gasteiger partial charge is 0.0319 e.